The zero-order valence-electron chi connectivity index (χ0n) is 17.7. The number of hydrogen-bond donors (Lipinski definition) is 0. The van der Waals surface area contributed by atoms with Crippen molar-refractivity contribution in [3.63, 3.8) is 0 Å². The summed E-state index contributed by atoms with van der Waals surface area (Å²) >= 11 is 5.88. The van der Waals surface area contributed by atoms with Gasteiger partial charge in [-0.05, 0) is 35.9 Å². The van der Waals surface area contributed by atoms with Gasteiger partial charge < -0.3 is 0 Å². The van der Waals surface area contributed by atoms with E-state index in [9.17, 15) is 14.4 Å². The van der Waals surface area contributed by atoms with E-state index in [0.717, 1.165) is 4.52 Å². The Morgan fingerprint density at radius 2 is 1.83 bits per heavy atom. The third-order valence-corrected chi connectivity index (χ3v) is 5.54. The van der Waals surface area contributed by atoms with Crippen molar-refractivity contribution in [1.82, 2.24) is 29.4 Å². The lowest BCUT2D eigenvalue weighted by molar-refractivity contribution is 0.622. The molecule has 4 aromatic heterocycles. The Bertz CT molecular complexity index is 1750. The number of benzene rings is 1. The third kappa shape index (κ3) is 3.99. The smallest absolute Gasteiger partial charge is 0.263 e. The molecule has 0 aliphatic carbocycles. The molecule has 0 spiro atoms. The fourth-order valence-electron chi connectivity index (χ4n) is 3.61. The highest BCUT2D eigenvalue weighted by Crippen LogP contribution is 2.33. The molecule has 4 heterocycles. The first-order chi connectivity index (χ1) is 17.0. The minimum Gasteiger partial charge on any atom is -0.263 e. The maximum Gasteiger partial charge on any atom is 0.367 e. The summed E-state index contributed by atoms with van der Waals surface area (Å²) in [5.74, 6) is -0.564. The van der Waals surface area contributed by atoms with Gasteiger partial charge in [-0.15, -0.1) is 5.10 Å². The summed E-state index contributed by atoms with van der Waals surface area (Å²) in [6, 6.07) is 13.1. The number of nitrogens with zero attached hydrogens (tertiary/aromatic N) is 8. The quantitative estimate of drug-likeness (QED) is 0.383. The lowest BCUT2D eigenvalue weighted by Gasteiger charge is -2.10. The van der Waals surface area contributed by atoms with Gasteiger partial charge in [0, 0.05) is 35.3 Å². The molecule has 0 saturated heterocycles. The molecule has 0 N–H and O–H groups in total. The first kappa shape index (κ1) is 21.9. The number of pyridine rings is 2. The molecule has 11 heteroatoms. The monoisotopic (exact) mass is 482 g/mol. The highest BCUT2D eigenvalue weighted by molar-refractivity contribution is 6.30. The molecule has 0 amide bonds. The van der Waals surface area contributed by atoms with Crippen molar-refractivity contribution in [3.05, 3.63) is 99.2 Å². The summed E-state index contributed by atoms with van der Waals surface area (Å²) in [5, 5.41) is 27.2. The van der Waals surface area contributed by atoms with Crippen LogP contribution >= 0.6 is 11.6 Å². The molecule has 0 atom stereocenters. The molecule has 1 aromatic carbocycles. The van der Waals surface area contributed by atoms with Crippen molar-refractivity contribution >= 4 is 17.2 Å². The maximum absolute atomic E-state index is 13.6. The van der Waals surface area contributed by atoms with Crippen molar-refractivity contribution in [2.24, 2.45) is 0 Å². The van der Waals surface area contributed by atoms with Gasteiger partial charge in [0.1, 0.15) is 18.0 Å². The molecule has 35 heavy (non-hydrogen) atoms. The molecule has 0 aliphatic heterocycles. The minimum absolute atomic E-state index is 0.0303. The van der Waals surface area contributed by atoms with Gasteiger partial charge in [-0.25, -0.2) is 13.9 Å². The molecule has 5 rings (SSSR count). The summed E-state index contributed by atoms with van der Waals surface area (Å²) in [4.78, 5) is 21.6. The first-order valence-electron chi connectivity index (χ1n) is 10.1. The Kier molecular flexibility index (Phi) is 5.49. The summed E-state index contributed by atoms with van der Waals surface area (Å²) in [5.41, 5.74) is 2.99. The number of hydrogen-bond acceptors (Lipinski definition) is 7. The largest absolute Gasteiger partial charge is 0.367 e. The van der Waals surface area contributed by atoms with Gasteiger partial charge >= 0.3 is 5.69 Å². The molecule has 0 fully saturated rings. The predicted octanol–water partition coefficient (Wildman–Crippen LogP) is 3.60. The SMILES string of the molecule is N#Cc1ccc(-c2cnn3c(=O)n(Cc4ccc(F)c(Cl)c4)nc3c2-c2cncc(C#N)c2)nc1. The van der Waals surface area contributed by atoms with Gasteiger partial charge in [0.2, 0.25) is 0 Å². The van der Waals surface area contributed by atoms with E-state index in [1.54, 1.807) is 24.4 Å². The second kappa shape index (κ2) is 8.78. The Labute approximate surface area is 201 Å². The predicted molar refractivity (Wildman–Crippen MR) is 124 cm³/mol. The highest BCUT2D eigenvalue weighted by atomic mass is 35.5. The number of rotatable bonds is 4. The summed E-state index contributed by atoms with van der Waals surface area (Å²) < 4.78 is 15.9. The average molecular weight is 483 g/mol. The number of fused-ring (bicyclic) bond motifs is 1. The molecule has 5 aromatic rings. The zero-order valence-corrected chi connectivity index (χ0v) is 18.5. The van der Waals surface area contributed by atoms with Gasteiger partial charge in [0.05, 0.1) is 34.6 Å². The van der Waals surface area contributed by atoms with Gasteiger partial charge in [-0.1, -0.05) is 17.7 Å². The van der Waals surface area contributed by atoms with Crippen LogP contribution in [0.2, 0.25) is 5.02 Å². The van der Waals surface area contributed by atoms with E-state index in [0.29, 0.717) is 39.1 Å². The van der Waals surface area contributed by atoms with Crippen LogP contribution in [0.5, 0.6) is 0 Å². The minimum atomic E-state index is -0.564. The van der Waals surface area contributed by atoms with Crippen LogP contribution in [0.25, 0.3) is 28.0 Å². The second-order valence-corrected chi connectivity index (χ2v) is 7.88. The molecule has 0 saturated carbocycles. The summed E-state index contributed by atoms with van der Waals surface area (Å²) in [6.07, 6.45) is 5.87. The van der Waals surface area contributed by atoms with Crippen LogP contribution in [0.1, 0.15) is 16.7 Å². The maximum atomic E-state index is 13.6. The fraction of sp³-hybridized carbons (Fsp3) is 0.0417. The van der Waals surface area contributed by atoms with Crippen LogP contribution in [0.15, 0.2) is 66.0 Å². The Hall–Kier alpha value is -4.93. The van der Waals surface area contributed by atoms with Crippen molar-refractivity contribution in [2.75, 3.05) is 0 Å². The fourth-order valence-corrected chi connectivity index (χ4v) is 3.81. The van der Waals surface area contributed by atoms with Crippen LogP contribution in [0.4, 0.5) is 4.39 Å². The van der Waals surface area contributed by atoms with E-state index in [1.165, 1.54) is 41.5 Å². The number of nitriles is 2. The van der Waals surface area contributed by atoms with Crippen molar-refractivity contribution < 1.29 is 4.39 Å². The van der Waals surface area contributed by atoms with E-state index < -0.39 is 11.5 Å². The van der Waals surface area contributed by atoms with Crippen molar-refractivity contribution in [2.45, 2.75) is 6.54 Å². The Morgan fingerprint density at radius 1 is 1.00 bits per heavy atom. The molecule has 9 nitrogen and oxygen atoms in total. The molecular weight excluding hydrogens is 471 g/mol. The van der Waals surface area contributed by atoms with Gasteiger partial charge in [0.25, 0.3) is 0 Å². The molecule has 168 valence electrons. The van der Waals surface area contributed by atoms with Crippen LogP contribution in [0, 0.1) is 28.5 Å². The molecule has 0 bridgehead atoms. The van der Waals surface area contributed by atoms with E-state index in [4.69, 9.17) is 16.9 Å². The van der Waals surface area contributed by atoms with Crippen LogP contribution in [-0.2, 0) is 6.54 Å². The van der Waals surface area contributed by atoms with Gasteiger partial charge in [-0.3, -0.25) is 9.97 Å². The normalized spacial score (nSPS) is 10.7. The second-order valence-electron chi connectivity index (χ2n) is 7.48. The first-order valence-corrected chi connectivity index (χ1v) is 10.5. The zero-order chi connectivity index (χ0) is 24.5. The van der Waals surface area contributed by atoms with Crippen LogP contribution < -0.4 is 5.69 Å². The van der Waals surface area contributed by atoms with Gasteiger partial charge in [-0.2, -0.15) is 20.1 Å². The van der Waals surface area contributed by atoms with E-state index in [1.807, 2.05) is 6.07 Å². The van der Waals surface area contributed by atoms with E-state index in [-0.39, 0.29) is 17.2 Å². The molecular formula is C24H12ClFN8O. The summed E-state index contributed by atoms with van der Waals surface area (Å²) in [6.45, 7) is 0.0303. The standard InChI is InChI=1S/C24H12ClFN8O/c25-19-6-14(1-3-20(19)26)13-33-24(35)34-23(32-33)22(17-5-16(8-28)9-29-11-17)18(12-31-34)21-4-2-15(7-27)10-30-21/h1-6,9-12H,13H2. The molecule has 0 radical (unpaired) electrons. The van der Waals surface area contributed by atoms with Crippen molar-refractivity contribution in [1.29, 1.82) is 10.5 Å². The highest BCUT2D eigenvalue weighted by Gasteiger charge is 2.20. The van der Waals surface area contributed by atoms with Gasteiger partial charge in [0.15, 0.2) is 5.65 Å². The lowest BCUT2D eigenvalue weighted by Crippen LogP contribution is -2.23. The van der Waals surface area contributed by atoms with Crippen LogP contribution in [0.3, 0.4) is 0 Å². The molecule has 0 unspecified atom stereocenters. The average Bonchev–Trinajstić information content (AvgIpc) is 3.20. The summed E-state index contributed by atoms with van der Waals surface area (Å²) in [7, 11) is 0. The van der Waals surface area contributed by atoms with E-state index >= 15 is 0 Å². The number of aromatic nitrogens is 6. The van der Waals surface area contributed by atoms with E-state index in [2.05, 4.69) is 26.2 Å². The topological polar surface area (TPSA) is 126 Å². The van der Waals surface area contributed by atoms with Crippen LogP contribution in [-0.4, -0.2) is 29.4 Å². The Morgan fingerprint density at radius 3 is 2.54 bits per heavy atom. The lowest BCUT2D eigenvalue weighted by atomic mass is 10.00. The molecule has 0 aliphatic rings. The number of halogens is 2. The Balaban J connectivity index is 1.74. The van der Waals surface area contributed by atoms with Crippen molar-refractivity contribution in [3.8, 4) is 34.5 Å². The third-order valence-electron chi connectivity index (χ3n) is 5.25.